The Hall–Kier alpha value is -3.02. The highest BCUT2D eigenvalue weighted by molar-refractivity contribution is 5.82. The van der Waals surface area contributed by atoms with Gasteiger partial charge >= 0.3 is 0 Å². The maximum atomic E-state index is 9.81. The Labute approximate surface area is 127 Å². The molecular formula is C16H16N4O2. The van der Waals surface area contributed by atoms with E-state index in [1.165, 1.54) is 0 Å². The highest BCUT2D eigenvalue weighted by Crippen LogP contribution is 2.26. The Kier molecular flexibility index (Phi) is 3.91. The minimum absolute atomic E-state index is 0.0922. The van der Waals surface area contributed by atoms with Crippen molar-refractivity contribution >= 4 is 23.2 Å². The van der Waals surface area contributed by atoms with Crippen molar-refractivity contribution in [1.82, 2.24) is 9.97 Å². The number of imidazole rings is 1. The molecule has 112 valence electrons. The number of aromatic nitrogens is 2. The summed E-state index contributed by atoms with van der Waals surface area (Å²) in [5.41, 5.74) is 5.40. The number of hydrazone groups is 1. The molecule has 0 unspecified atom stereocenters. The van der Waals surface area contributed by atoms with Crippen LogP contribution in [0.25, 0.3) is 11.0 Å². The van der Waals surface area contributed by atoms with E-state index >= 15 is 0 Å². The van der Waals surface area contributed by atoms with E-state index in [-0.39, 0.29) is 5.75 Å². The number of ether oxygens (including phenoxy) is 1. The summed E-state index contributed by atoms with van der Waals surface area (Å²) in [6.45, 7) is 2.38. The predicted octanol–water partition coefficient (Wildman–Crippen LogP) is 3.11. The van der Waals surface area contributed by atoms with Gasteiger partial charge in [-0.15, -0.1) is 0 Å². The number of nitrogens with zero attached hydrogens (tertiary/aromatic N) is 2. The normalized spacial score (nSPS) is 11.1. The Balaban J connectivity index is 1.70. The van der Waals surface area contributed by atoms with Gasteiger partial charge < -0.3 is 14.8 Å². The number of hydrogen-bond donors (Lipinski definition) is 3. The van der Waals surface area contributed by atoms with Crippen molar-refractivity contribution in [2.75, 3.05) is 12.0 Å². The van der Waals surface area contributed by atoms with Crippen molar-refractivity contribution in [1.29, 1.82) is 0 Å². The predicted molar refractivity (Wildman–Crippen MR) is 86.6 cm³/mol. The van der Waals surface area contributed by atoms with Gasteiger partial charge in [-0.3, -0.25) is 0 Å². The second kappa shape index (κ2) is 6.17. The van der Waals surface area contributed by atoms with Crippen molar-refractivity contribution in [3.63, 3.8) is 0 Å². The fourth-order valence-corrected chi connectivity index (χ4v) is 2.07. The number of H-pyrrole nitrogens is 1. The van der Waals surface area contributed by atoms with Crippen molar-refractivity contribution in [2.45, 2.75) is 6.92 Å². The Bertz CT molecular complexity index is 778. The van der Waals surface area contributed by atoms with E-state index in [0.29, 0.717) is 18.3 Å². The topological polar surface area (TPSA) is 82.5 Å². The number of nitrogens with one attached hydrogen (secondary N) is 2. The van der Waals surface area contributed by atoms with Crippen LogP contribution in [0.1, 0.15) is 12.5 Å². The first-order valence-corrected chi connectivity index (χ1v) is 6.96. The van der Waals surface area contributed by atoms with E-state index in [1.807, 2.05) is 37.3 Å². The molecule has 0 aliphatic carbocycles. The number of hydrogen-bond acceptors (Lipinski definition) is 5. The van der Waals surface area contributed by atoms with Gasteiger partial charge in [0, 0.05) is 0 Å². The number of aromatic amines is 1. The van der Waals surface area contributed by atoms with Gasteiger partial charge in [-0.25, -0.2) is 10.4 Å². The average Bonchev–Trinajstić information content (AvgIpc) is 2.93. The summed E-state index contributed by atoms with van der Waals surface area (Å²) >= 11 is 0. The molecule has 0 fully saturated rings. The van der Waals surface area contributed by atoms with Crippen LogP contribution in [0.5, 0.6) is 11.5 Å². The van der Waals surface area contributed by atoms with Crippen LogP contribution in [0.15, 0.2) is 47.6 Å². The third-order valence-electron chi connectivity index (χ3n) is 3.06. The Morgan fingerprint density at radius 3 is 2.95 bits per heavy atom. The molecule has 1 aromatic heterocycles. The standard InChI is InChI=1S/C16H16N4O2/c1-2-22-15-8-7-11(9-14(15)21)10-17-20-16-18-12-5-3-4-6-13(12)19-16/h3-10,21H,2H2,1H3,(H2,18,19,20). The highest BCUT2D eigenvalue weighted by Gasteiger charge is 2.02. The molecule has 0 aliphatic rings. The molecule has 6 nitrogen and oxygen atoms in total. The first-order chi connectivity index (χ1) is 10.8. The molecule has 0 atom stereocenters. The van der Waals surface area contributed by atoms with E-state index in [4.69, 9.17) is 4.74 Å². The molecule has 0 amide bonds. The summed E-state index contributed by atoms with van der Waals surface area (Å²) in [7, 11) is 0. The average molecular weight is 296 g/mol. The van der Waals surface area contributed by atoms with Gasteiger partial charge in [0.1, 0.15) is 0 Å². The number of para-hydroxylation sites is 2. The summed E-state index contributed by atoms with van der Waals surface area (Å²) < 4.78 is 5.27. The van der Waals surface area contributed by atoms with Gasteiger partial charge in [0.05, 0.1) is 23.9 Å². The molecule has 0 aliphatic heterocycles. The van der Waals surface area contributed by atoms with Gasteiger partial charge in [0.15, 0.2) is 11.5 Å². The van der Waals surface area contributed by atoms with E-state index < -0.39 is 0 Å². The van der Waals surface area contributed by atoms with E-state index in [1.54, 1.807) is 18.3 Å². The van der Waals surface area contributed by atoms with Gasteiger partial charge in [-0.1, -0.05) is 12.1 Å². The van der Waals surface area contributed by atoms with Gasteiger partial charge in [0.2, 0.25) is 5.95 Å². The summed E-state index contributed by atoms with van der Waals surface area (Å²) in [5.74, 6) is 1.12. The largest absolute Gasteiger partial charge is 0.504 e. The first-order valence-electron chi connectivity index (χ1n) is 6.96. The molecule has 0 radical (unpaired) electrons. The van der Waals surface area contributed by atoms with Crippen LogP contribution >= 0.6 is 0 Å². The summed E-state index contributed by atoms with van der Waals surface area (Å²) in [4.78, 5) is 7.46. The van der Waals surface area contributed by atoms with Gasteiger partial charge in [0.25, 0.3) is 0 Å². The lowest BCUT2D eigenvalue weighted by atomic mass is 10.2. The van der Waals surface area contributed by atoms with Crippen molar-refractivity contribution < 1.29 is 9.84 Å². The summed E-state index contributed by atoms with van der Waals surface area (Å²) in [5, 5.41) is 13.9. The number of fused-ring (bicyclic) bond motifs is 1. The van der Waals surface area contributed by atoms with Crippen LogP contribution in [-0.4, -0.2) is 27.9 Å². The summed E-state index contributed by atoms with van der Waals surface area (Å²) in [6.07, 6.45) is 1.60. The van der Waals surface area contributed by atoms with E-state index in [0.717, 1.165) is 16.6 Å². The fraction of sp³-hybridized carbons (Fsp3) is 0.125. The van der Waals surface area contributed by atoms with Crippen LogP contribution in [0.4, 0.5) is 5.95 Å². The molecule has 3 rings (SSSR count). The molecule has 0 saturated heterocycles. The second-order valence-corrected chi connectivity index (χ2v) is 4.63. The molecule has 2 aromatic carbocycles. The number of rotatable bonds is 5. The minimum Gasteiger partial charge on any atom is -0.504 e. The lowest BCUT2D eigenvalue weighted by Gasteiger charge is -2.05. The lowest BCUT2D eigenvalue weighted by molar-refractivity contribution is 0.318. The minimum atomic E-state index is 0.0922. The van der Waals surface area contributed by atoms with Gasteiger partial charge in [-0.2, -0.15) is 5.10 Å². The number of aromatic hydroxyl groups is 1. The highest BCUT2D eigenvalue weighted by atomic mass is 16.5. The quantitative estimate of drug-likeness (QED) is 0.499. The zero-order valence-corrected chi connectivity index (χ0v) is 12.1. The smallest absolute Gasteiger partial charge is 0.222 e. The lowest BCUT2D eigenvalue weighted by Crippen LogP contribution is -1.94. The second-order valence-electron chi connectivity index (χ2n) is 4.63. The van der Waals surface area contributed by atoms with Crippen molar-refractivity contribution in [3.8, 4) is 11.5 Å². The van der Waals surface area contributed by atoms with Crippen LogP contribution in [0.3, 0.4) is 0 Å². The van der Waals surface area contributed by atoms with Crippen molar-refractivity contribution in [2.24, 2.45) is 5.10 Å². The molecular weight excluding hydrogens is 280 g/mol. The SMILES string of the molecule is CCOc1ccc(C=NNc2nc3ccccc3[nH]2)cc1O. The fourth-order valence-electron chi connectivity index (χ4n) is 2.07. The van der Waals surface area contributed by atoms with Crippen LogP contribution < -0.4 is 10.2 Å². The Morgan fingerprint density at radius 2 is 2.18 bits per heavy atom. The maximum Gasteiger partial charge on any atom is 0.222 e. The van der Waals surface area contributed by atoms with E-state index in [2.05, 4.69) is 20.5 Å². The van der Waals surface area contributed by atoms with Gasteiger partial charge in [-0.05, 0) is 42.8 Å². The molecule has 22 heavy (non-hydrogen) atoms. The number of benzene rings is 2. The maximum absolute atomic E-state index is 9.81. The molecule has 3 N–H and O–H groups in total. The van der Waals surface area contributed by atoms with Crippen LogP contribution in [0, 0.1) is 0 Å². The zero-order chi connectivity index (χ0) is 15.4. The molecule has 3 aromatic rings. The van der Waals surface area contributed by atoms with Crippen LogP contribution in [0.2, 0.25) is 0 Å². The molecule has 0 bridgehead atoms. The van der Waals surface area contributed by atoms with E-state index in [9.17, 15) is 5.11 Å². The molecule has 0 saturated carbocycles. The first kappa shape index (κ1) is 13.9. The Morgan fingerprint density at radius 1 is 1.32 bits per heavy atom. The third kappa shape index (κ3) is 3.01. The molecule has 6 heteroatoms. The zero-order valence-electron chi connectivity index (χ0n) is 12.1. The monoisotopic (exact) mass is 296 g/mol. The number of anilines is 1. The third-order valence-corrected chi connectivity index (χ3v) is 3.06. The van der Waals surface area contributed by atoms with Crippen molar-refractivity contribution in [3.05, 3.63) is 48.0 Å². The molecule has 1 heterocycles. The van der Waals surface area contributed by atoms with Crippen LogP contribution in [-0.2, 0) is 0 Å². The number of phenols is 1. The number of phenolic OH excluding ortho intramolecular Hbond substituents is 1. The summed E-state index contributed by atoms with van der Waals surface area (Å²) in [6, 6.07) is 12.9. The molecule has 0 spiro atoms.